The molecule has 0 unspecified atom stereocenters. The summed E-state index contributed by atoms with van der Waals surface area (Å²) in [4.78, 5) is 21.8. The molecule has 0 aliphatic heterocycles. The lowest BCUT2D eigenvalue weighted by Crippen LogP contribution is -2.39. The molecule has 0 atom stereocenters. The summed E-state index contributed by atoms with van der Waals surface area (Å²) in [6, 6.07) is 96.4. The number of H-pyrrole nitrogens is 1. The second-order valence-corrected chi connectivity index (χ2v) is 25.1. The number of carbonyl (C=O) groups excluding carboxylic acids is 1. The fourth-order valence-corrected chi connectivity index (χ4v) is 13.7. The van der Waals surface area contributed by atoms with Crippen LogP contribution in [0.4, 0.5) is 0 Å². The molecular formula is C82H74BrCl2N12O2+. The summed E-state index contributed by atoms with van der Waals surface area (Å²) in [5.41, 5.74) is 14.1. The second-order valence-electron chi connectivity index (χ2n) is 23.8. The van der Waals surface area contributed by atoms with Gasteiger partial charge in [0.05, 0.1) is 12.3 Å². The first-order valence-corrected chi connectivity index (χ1v) is 35.0. The number of rotatable bonds is 23. The molecule has 4 aromatic heterocycles. The van der Waals surface area contributed by atoms with E-state index < -0.39 is 11.1 Å². The highest BCUT2D eigenvalue weighted by molar-refractivity contribution is 9.08. The van der Waals surface area contributed by atoms with Gasteiger partial charge in [0, 0.05) is 35.8 Å². The zero-order valence-electron chi connectivity index (χ0n) is 55.9. The van der Waals surface area contributed by atoms with Gasteiger partial charge in [-0.1, -0.05) is 345 Å². The Balaban J connectivity index is 0.000000175. The van der Waals surface area contributed by atoms with Crippen LogP contribution in [0.5, 0.6) is 0 Å². The first-order chi connectivity index (χ1) is 48.7. The minimum absolute atomic E-state index is 0. The lowest BCUT2D eigenvalue weighted by atomic mass is 9.77. The highest BCUT2D eigenvalue weighted by Gasteiger charge is 2.44. The lowest BCUT2D eigenvalue weighted by molar-refractivity contribution is 0.111. The summed E-state index contributed by atoms with van der Waals surface area (Å²) in [5, 5.41) is 39.0. The number of hydrogen-bond donors (Lipinski definition) is 2. The number of aldehydes is 1. The van der Waals surface area contributed by atoms with Crippen LogP contribution >= 0.6 is 39.1 Å². The molecule has 0 fully saturated rings. The van der Waals surface area contributed by atoms with E-state index in [2.05, 4.69) is 285 Å². The largest absolute Gasteiger partial charge is 1.00 e. The van der Waals surface area contributed by atoms with Crippen LogP contribution < -0.4 is 0 Å². The molecule has 0 bridgehead atoms. The molecule has 0 amide bonds. The Bertz CT molecular complexity index is 4680. The number of aliphatic hydroxyl groups is 1. The van der Waals surface area contributed by atoms with Gasteiger partial charge >= 0.3 is 1.43 Å². The van der Waals surface area contributed by atoms with Gasteiger partial charge in [-0.15, -0.1) is 10.2 Å². The Hall–Kier alpha value is -10.6. The number of halogens is 3. The molecule has 0 aliphatic rings. The first-order valence-electron chi connectivity index (χ1n) is 33.1. The number of nitrogens with one attached hydrogen (secondary N) is 1. The van der Waals surface area contributed by atoms with Crippen molar-refractivity contribution in [3.63, 3.8) is 0 Å². The van der Waals surface area contributed by atoms with Crippen molar-refractivity contribution in [1.82, 2.24) is 59.9 Å². The van der Waals surface area contributed by atoms with E-state index in [1.807, 2.05) is 68.5 Å². The van der Waals surface area contributed by atoms with E-state index in [-0.39, 0.29) is 8.03 Å². The van der Waals surface area contributed by atoms with E-state index in [9.17, 15) is 9.90 Å². The third-order valence-corrected chi connectivity index (χ3v) is 18.9. The summed E-state index contributed by atoms with van der Waals surface area (Å²) < 4.78 is 6.00. The van der Waals surface area contributed by atoms with Crippen molar-refractivity contribution in [2.75, 3.05) is 0 Å². The molecule has 99 heavy (non-hydrogen) atoms. The van der Waals surface area contributed by atoms with Crippen molar-refractivity contribution in [3.05, 3.63) is 357 Å². The SMILES string of the molecule is BrCc1ccc(-c2ccccc2-c2nnnn2C(c2ccccc2)(c2ccccc2)c2ccccc2)cc1.CCCCc1nc(C=O)c(Cl)[nH]1.CCCCc1nc(Cl)c(CO)n1Cc1ccc(-c2ccccc2-c2nnnn2C(c2ccccc2)(c2ccccc2)c2ccccc2)cc1.[H+]. The quantitative estimate of drug-likeness (QED) is 0.0357. The highest BCUT2D eigenvalue weighted by Crippen LogP contribution is 2.46. The van der Waals surface area contributed by atoms with E-state index >= 15 is 0 Å². The van der Waals surface area contributed by atoms with Gasteiger partial charge in [0.1, 0.15) is 33.6 Å². The van der Waals surface area contributed by atoms with Crippen LogP contribution in [-0.4, -0.2) is 71.3 Å². The maximum absolute atomic E-state index is 10.3. The maximum atomic E-state index is 10.3. The molecule has 4 heterocycles. The summed E-state index contributed by atoms with van der Waals surface area (Å²) in [6.07, 6.45) is 6.55. The normalized spacial score (nSPS) is 11.3. The number of aryl methyl sites for hydroxylation is 2. The van der Waals surface area contributed by atoms with Crippen molar-refractivity contribution < 1.29 is 11.3 Å². The number of carbonyl (C=O) groups is 1. The maximum Gasteiger partial charge on any atom is 1.00 e. The Labute approximate surface area is 596 Å². The molecule has 494 valence electrons. The lowest BCUT2D eigenvalue weighted by Gasteiger charge is -2.36. The number of hydrogen-bond acceptors (Lipinski definition) is 10. The molecule has 17 heteroatoms. The average molecular weight is 1410 g/mol. The number of alkyl halides is 1. The number of aliphatic hydroxyl groups excluding tert-OH is 1. The summed E-state index contributed by atoms with van der Waals surface area (Å²) >= 11 is 15.6. The first kappa shape index (κ1) is 68.4. The molecular weight excluding hydrogens is 1340 g/mol. The highest BCUT2D eigenvalue weighted by atomic mass is 79.9. The van der Waals surface area contributed by atoms with Crippen molar-refractivity contribution >= 4 is 45.4 Å². The van der Waals surface area contributed by atoms with Crippen LogP contribution in [0, 0.1) is 0 Å². The Morgan fingerprint density at radius 2 is 0.838 bits per heavy atom. The van der Waals surface area contributed by atoms with Crippen molar-refractivity contribution in [1.29, 1.82) is 0 Å². The summed E-state index contributed by atoms with van der Waals surface area (Å²) in [6.45, 7) is 4.67. The van der Waals surface area contributed by atoms with Gasteiger partial charge < -0.3 is 14.7 Å². The Morgan fingerprint density at radius 1 is 0.475 bits per heavy atom. The van der Waals surface area contributed by atoms with Crippen LogP contribution in [0.25, 0.3) is 45.0 Å². The number of imidazole rings is 2. The summed E-state index contributed by atoms with van der Waals surface area (Å²) in [7, 11) is 0. The third-order valence-electron chi connectivity index (χ3n) is 17.7. The van der Waals surface area contributed by atoms with Gasteiger partial charge in [-0.25, -0.2) is 19.3 Å². The minimum Gasteiger partial charge on any atom is -0.390 e. The van der Waals surface area contributed by atoms with E-state index in [4.69, 9.17) is 38.7 Å². The van der Waals surface area contributed by atoms with Crippen LogP contribution in [0.15, 0.2) is 279 Å². The number of aromatic nitrogens is 12. The smallest absolute Gasteiger partial charge is 0.390 e. The molecule has 0 aliphatic carbocycles. The Kier molecular flexibility index (Phi) is 22.6. The molecule has 10 aromatic carbocycles. The topological polar surface area (TPSA) is 171 Å². The average Bonchev–Trinajstić information content (AvgIpc) is 1.24. The monoisotopic (exact) mass is 1410 g/mol. The number of unbranched alkanes of at least 4 members (excludes halogenated alkanes) is 2. The number of nitrogens with zero attached hydrogens (tertiary/aromatic N) is 11. The van der Waals surface area contributed by atoms with Crippen LogP contribution in [-0.2, 0) is 42.4 Å². The van der Waals surface area contributed by atoms with E-state index in [0.717, 1.165) is 128 Å². The van der Waals surface area contributed by atoms with Gasteiger partial charge in [-0.2, -0.15) is 0 Å². The van der Waals surface area contributed by atoms with Crippen molar-refractivity contribution in [3.8, 4) is 45.0 Å². The molecule has 14 nitrogen and oxygen atoms in total. The van der Waals surface area contributed by atoms with E-state index in [1.165, 1.54) is 5.56 Å². The van der Waals surface area contributed by atoms with Gasteiger partial charge in [0.2, 0.25) is 0 Å². The van der Waals surface area contributed by atoms with Gasteiger partial charge in [0.15, 0.2) is 23.1 Å². The number of aromatic amines is 1. The molecule has 0 saturated heterocycles. The predicted molar refractivity (Wildman–Crippen MR) is 399 cm³/mol. The second kappa shape index (κ2) is 32.7. The fourth-order valence-electron chi connectivity index (χ4n) is 12.9. The number of tetrazole rings is 2. The van der Waals surface area contributed by atoms with Gasteiger partial charge in [-0.3, -0.25) is 4.79 Å². The van der Waals surface area contributed by atoms with Crippen molar-refractivity contribution in [2.24, 2.45) is 0 Å². The van der Waals surface area contributed by atoms with E-state index in [1.54, 1.807) is 0 Å². The summed E-state index contributed by atoms with van der Waals surface area (Å²) in [5.74, 6) is 3.04. The molecule has 14 aromatic rings. The number of benzene rings is 10. The van der Waals surface area contributed by atoms with Crippen LogP contribution in [0.2, 0.25) is 10.3 Å². The van der Waals surface area contributed by atoms with Crippen LogP contribution in [0.1, 0.15) is 113 Å². The standard InChI is InChI=1S/C41H37ClN6O.C33H25BrN4.C8H11ClN2O/c1-2-3-23-38-43-39(42)37(29-49)47(38)28-30-24-26-31(27-25-30)35-21-13-14-22-36(35)40-44-45-46-48(40)41(32-15-7-4-8-16-32,33-17-9-5-10-18-33)34-19-11-6-12-20-34;34-24-25-20-22-26(23-21-25)30-18-10-11-19-31(30)32-35-36-37-38(32)33(27-12-4-1-5-13-27,28-14-6-2-7-15-28)29-16-8-3-9-17-29;1-2-3-4-7-10-6(5-12)8(9)11-7/h4-22,24-27,49H,2-3,23,28-29H2,1H3;1-23H,24H2;5H,2-4H2,1H3,(H,10,11)/p+1. The van der Waals surface area contributed by atoms with Gasteiger partial charge in [-0.05, 0) is 100 Å². The fraction of sp³-hybridized carbons (Fsp3) is 0.159. The predicted octanol–water partition coefficient (Wildman–Crippen LogP) is 18.7. The van der Waals surface area contributed by atoms with Crippen molar-refractivity contribution in [2.45, 2.75) is 81.9 Å². The molecule has 0 spiro atoms. The van der Waals surface area contributed by atoms with Crippen LogP contribution in [0.3, 0.4) is 0 Å². The zero-order valence-corrected chi connectivity index (χ0v) is 58.0. The molecule has 2 N–H and O–H groups in total. The molecule has 14 rings (SSSR count). The minimum atomic E-state index is -0.856. The Morgan fingerprint density at radius 3 is 1.19 bits per heavy atom. The zero-order chi connectivity index (χ0) is 68.4. The van der Waals surface area contributed by atoms with E-state index in [0.29, 0.717) is 46.2 Å². The van der Waals surface area contributed by atoms with Gasteiger partial charge in [0.25, 0.3) is 0 Å². The third kappa shape index (κ3) is 14.6. The molecule has 0 saturated carbocycles. The molecule has 0 radical (unpaired) electrons.